The number of rotatable bonds is 5. The third kappa shape index (κ3) is 4.93. The Morgan fingerprint density at radius 2 is 1.71 bits per heavy atom. The Balaban J connectivity index is 1.77. The molecule has 0 saturated heterocycles. The monoisotopic (exact) mass is 302 g/mol. The normalized spacial score (nSPS) is 9.95. The minimum absolute atomic E-state index is 0.0712. The van der Waals surface area contributed by atoms with E-state index in [1.165, 1.54) is 0 Å². The lowest BCUT2D eigenvalue weighted by Crippen LogP contribution is -2.36. The lowest BCUT2D eigenvalue weighted by molar-refractivity contribution is -0.120. The number of halogens is 1. The summed E-state index contributed by atoms with van der Waals surface area (Å²) in [5.41, 5.74) is 1.44. The first-order valence-electron chi connectivity index (χ1n) is 6.49. The van der Waals surface area contributed by atoms with Gasteiger partial charge in [0.05, 0.1) is 6.54 Å². The molecule has 2 rings (SSSR count). The average Bonchev–Trinajstić information content (AvgIpc) is 2.51. The van der Waals surface area contributed by atoms with Crippen molar-refractivity contribution >= 4 is 23.4 Å². The third-order valence-corrected chi connectivity index (χ3v) is 3.06. The topological polar surface area (TPSA) is 58.2 Å². The Kier molecular flexibility index (Phi) is 5.35. The average molecular weight is 303 g/mol. The van der Waals surface area contributed by atoms with Gasteiger partial charge in [-0.2, -0.15) is 0 Å². The second-order valence-electron chi connectivity index (χ2n) is 4.46. The van der Waals surface area contributed by atoms with Crippen LogP contribution in [0.5, 0.6) is 0 Å². The van der Waals surface area contributed by atoms with Gasteiger partial charge in [-0.1, -0.05) is 48.0 Å². The second kappa shape index (κ2) is 7.45. The number of carbonyl (C=O) groups excluding carboxylic acids is 2. The molecule has 2 aromatic carbocycles. The fraction of sp³-hybridized carbons (Fsp3) is 0.125. The molecule has 0 aliphatic rings. The Morgan fingerprint density at radius 1 is 0.952 bits per heavy atom. The molecular formula is C16H15ClN2O2. The quantitative estimate of drug-likeness (QED) is 0.891. The molecule has 2 aromatic rings. The molecule has 5 heteroatoms. The van der Waals surface area contributed by atoms with Crippen LogP contribution in [-0.4, -0.2) is 18.4 Å². The highest BCUT2D eigenvalue weighted by Gasteiger charge is 2.08. The van der Waals surface area contributed by atoms with Gasteiger partial charge in [-0.25, -0.2) is 0 Å². The Labute approximate surface area is 128 Å². The summed E-state index contributed by atoms with van der Waals surface area (Å²) in [6.45, 7) is 0.366. The number of hydrogen-bond donors (Lipinski definition) is 2. The van der Waals surface area contributed by atoms with Gasteiger partial charge in [0, 0.05) is 17.1 Å². The number of amides is 2. The van der Waals surface area contributed by atoms with E-state index in [-0.39, 0.29) is 18.4 Å². The van der Waals surface area contributed by atoms with Gasteiger partial charge in [0.25, 0.3) is 5.91 Å². The van der Waals surface area contributed by atoms with E-state index in [1.54, 1.807) is 24.3 Å². The minimum Gasteiger partial charge on any atom is -0.350 e. The van der Waals surface area contributed by atoms with Crippen LogP contribution in [0.4, 0.5) is 0 Å². The summed E-state index contributed by atoms with van der Waals surface area (Å²) in [7, 11) is 0. The molecule has 0 saturated carbocycles. The molecule has 0 atom stereocenters. The third-order valence-electron chi connectivity index (χ3n) is 2.83. The molecule has 0 bridgehead atoms. The van der Waals surface area contributed by atoms with Crippen molar-refractivity contribution in [1.82, 2.24) is 10.6 Å². The predicted octanol–water partition coefficient (Wildman–Crippen LogP) is 2.39. The number of benzene rings is 2. The van der Waals surface area contributed by atoms with Gasteiger partial charge in [0.15, 0.2) is 0 Å². The van der Waals surface area contributed by atoms with Gasteiger partial charge < -0.3 is 10.6 Å². The zero-order chi connectivity index (χ0) is 15.1. The van der Waals surface area contributed by atoms with E-state index in [0.717, 1.165) is 5.56 Å². The zero-order valence-corrected chi connectivity index (χ0v) is 12.1. The molecule has 108 valence electrons. The molecule has 2 N–H and O–H groups in total. The smallest absolute Gasteiger partial charge is 0.251 e. The maximum absolute atomic E-state index is 11.8. The van der Waals surface area contributed by atoms with E-state index < -0.39 is 0 Å². The zero-order valence-electron chi connectivity index (χ0n) is 11.3. The Bertz CT molecular complexity index is 629. The van der Waals surface area contributed by atoms with E-state index >= 15 is 0 Å². The Hall–Kier alpha value is -2.33. The van der Waals surface area contributed by atoms with Crippen LogP contribution >= 0.6 is 11.6 Å². The SMILES string of the molecule is O=C(CNC(=O)c1cccc(Cl)c1)NCc1ccccc1. The van der Waals surface area contributed by atoms with Crippen LogP contribution in [0.15, 0.2) is 54.6 Å². The molecule has 0 unspecified atom stereocenters. The second-order valence-corrected chi connectivity index (χ2v) is 4.89. The molecular weight excluding hydrogens is 288 g/mol. The van der Waals surface area contributed by atoms with Gasteiger partial charge in [-0.15, -0.1) is 0 Å². The van der Waals surface area contributed by atoms with Gasteiger partial charge in [0.1, 0.15) is 0 Å². The molecule has 2 amide bonds. The molecule has 0 heterocycles. The lowest BCUT2D eigenvalue weighted by Gasteiger charge is -2.07. The van der Waals surface area contributed by atoms with Gasteiger partial charge >= 0.3 is 0 Å². The first-order valence-corrected chi connectivity index (χ1v) is 6.87. The summed E-state index contributed by atoms with van der Waals surface area (Å²) in [5, 5.41) is 5.77. The van der Waals surface area contributed by atoms with Crippen molar-refractivity contribution in [2.45, 2.75) is 6.54 Å². The van der Waals surface area contributed by atoms with Crippen LogP contribution in [0.3, 0.4) is 0 Å². The van der Waals surface area contributed by atoms with E-state index in [2.05, 4.69) is 10.6 Å². The fourth-order valence-corrected chi connectivity index (χ4v) is 1.94. The van der Waals surface area contributed by atoms with Crippen molar-refractivity contribution in [3.8, 4) is 0 Å². The first kappa shape index (κ1) is 15.1. The summed E-state index contributed by atoms with van der Waals surface area (Å²) < 4.78 is 0. The number of hydrogen-bond acceptors (Lipinski definition) is 2. The van der Waals surface area contributed by atoms with E-state index in [4.69, 9.17) is 11.6 Å². The van der Waals surface area contributed by atoms with Crippen LogP contribution in [0.2, 0.25) is 5.02 Å². The molecule has 0 aromatic heterocycles. The van der Waals surface area contributed by atoms with Crippen molar-refractivity contribution < 1.29 is 9.59 Å². The van der Waals surface area contributed by atoms with Crippen molar-refractivity contribution in [1.29, 1.82) is 0 Å². The largest absolute Gasteiger partial charge is 0.350 e. The summed E-state index contributed by atoms with van der Waals surface area (Å²) in [6.07, 6.45) is 0. The highest BCUT2D eigenvalue weighted by molar-refractivity contribution is 6.30. The fourth-order valence-electron chi connectivity index (χ4n) is 1.75. The number of nitrogens with one attached hydrogen (secondary N) is 2. The molecule has 0 radical (unpaired) electrons. The van der Waals surface area contributed by atoms with Crippen molar-refractivity contribution in [3.63, 3.8) is 0 Å². The summed E-state index contributed by atoms with van der Waals surface area (Å²) in [4.78, 5) is 23.5. The predicted molar refractivity (Wildman–Crippen MR) is 82.1 cm³/mol. The molecule has 4 nitrogen and oxygen atoms in total. The van der Waals surface area contributed by atoms with Gasteiger partial charge in [0.2, 0.25) is 5.91 Å². The number of carbonyl (C=O) groups is 2. The minimum atomic E-state index is -0.327. The van der Waals surface area contributed by atoms with Gasteiger partial charge in [-0.3, -0.25) is 9.59 Å². The molecule has 0 fully saturated rings. The standard InChI is InChI=1S/C16H15ClN2O2/c17-14-8-4-7-13(9-14)16(21)19-11-15(20)18-10-12-5-2-1-3-6-12/h1-9H,10-11H2,(H,18,20)(H,19,21). The lowest BCUT2D eigenvalue weighted by atomic mass is 10.2. The van der Waals surface area contributed by atoms with E-state index in [1.807, 2.05) is 30.3 Å². The van der Waals surface area contributed by atoms with Crippen molar-refractivity contribution in [2.24, 2.45) is 0 Å². The molecule has 0 spiro atoms. The van der Waals surface area contributed by atoms with Crippen LogP contribution in [0.25, 0.3) is 0 Å². The van der Waals surface area contributed by atoms with Crippen LogP contribution in [0.1, 0.15) is 15.9 Å². The van der Waals surface area contributed by atoms with Crippen LogP contribution in [-0.2, 0) is 11.3 Å². The molecule has 21 heavy (non-hydrogen) atoms. The van der Waals surface area contributed by atoms with Gasteiger partial charge in [-0.05, 0) is 23.8 Å². The highest BCUT2D eigenvalue weighted by Crippen LogP contribution is 2.10. The maximum Gasteiger partial charge on any atom is 0.251 e. The highest BCUT2D eigenvalue weighted by atomic mass is 35.5. The summed E-state index contributed by atoms with van der Waals surface area (Å²) in [5.74, 6) is -0.568. The maximum atomic E-state index is 11.8. The summed E-state index contributed by atoms with van der Waals surface area (Å²) in [6, 6.07) is 16.1. The first-order chi connectivity index (χ1) is 10.1. The van der Waals surface area contributed by atoms with E-state index in [0.29, 0.717) is 17.1 Å². The molecule has 0 aliphatic carbocycles. The van der Waals surface area contributed by atoms with Crippen molar-refractivity contribution in [2.75, 3.05) is 6.54 Å². The van der Waals surface area contributed by atoms with Crippen molar-refractivity contribution in [3.05, 3.63) is 70.7 Å². The summed E-state index contributed by atoms with van der Waals surface area (Å²) >= 11 is 5.81. The van der Waals surface area contributed by atoms with E-state index in [9.17, 15) is 9.59 Å². The van der Waals surface area contributed by atoms with Crippen LogP contribution in [0, 0.1) is 0 Å². The molecule has 0 aliphatic heterocycles. The Morgan fingerprint density at radius 3 is 2.43 bits per heavy atom. The van der Waals surface area contributed by atoms with Crippen LogP contribution < -0.4 is 10.6 Å².